The fourth-order valence-corrected chi connectivity index (χ4v) is 2.11. The molecule has 1 N–H and O–H groups in total. The highest BCUT2D eigenvalue weighted by molar-refractivity contribution is 9.10. The number of nitrogens with zero attached hydrogens (tertiary/aromatic N) is 3. The Bertz CT molecular complexity index is 597. The molecular formula is C12H13BrN4O2. The monoisotopic (exact) mass is 324 g/mol. The summed E-state index contributed by atoms with van der Waals surface area (Å²) in [6, 6.07) is 4.85. The fourth-order valence-electron chi connectivity index (χ4n) is 1.75. The van der Waals surface area contributed by atoms with Gasteiger partial charge in [-0.3, -0.25) is 14.8 Å². The molecule has 1 aromatic carbocycles. The molecule has 100 valence electrons. The lowest BCUT2D eigenvalue weighted by atomic mass is 10.2. The number of benzene rings is 1. The molecular weight excluding hydrogens is 312 g/mol. The van der Waals surface area contributed by atoms with Crippen molar-refractivity contribution in [1.29, 1.82) is 0 Å². The summed E-state index contributed by atoms with van der Waals surface area (Å²) in [5, 5.41) is 18.1. The molecule has 0 unspecified atom stereocenters. The predicted octanol–water partition coefficient (Wildman–Crippen LogP) is 2.75. The van der Waals surface area contributed by atoms with Crippen LogP contribution >= 0.6 is 15.9 Å². The molecule has 0 saturated heterocycles. The number of nitrogens with one attached hydrogen (secondary N) is 1. The van der Waals surface area contributed by atoms with Crippen molar-refractivity contribution in [2.45, 2.75) is 6.42 Å². The van der Waals surface area contributed by atoms with Gasteiger partial charge in [-0.15, -0.1) is 0 Å². The molecule has 0 bridgehead atoms. The molecule has 1 heterocycles. The molecule has 19 heavy (non-hydrogen) atoms. The van der Waals surface area contributed by atoms with E-state index in [0.29, 0.717) is 12.2 Å². The third-order valence-corrected chi connectivity index (χ3v) is 3.14. The van der Waals surface area contributed by atoms with E-state index in [1.54, 1.807) is 23.0 Å². The molecule has 0 amide bonds. The van der Waals surface area contributed by atoms with E-state index < -0.39 is 4.92 Å². The topological polar surface area (TPSA) is 73.0 Å². The SMILES string of the molecule is Cn1cc(CCNc2cc(Br)ccc2[N+](=O)[O-])cn1. The maximum Gasteiger partial charge on any atom is 0.292 e. The Morgan fingerprint density at radius 3 is 2.95 bits per heavy atom. The quantitative estimate of drug-likeness (QED) is 0.678. The molecule has 0 fully saturated rings. The van der Waals surface area contributed by atoms with E-state index in [1.165, 1.54) is 6.07 Å². The van der Waals surface area contributed by atoms with Crippen LogP contribution in [-0.4, -0.2) is 21.2 Å². The molecule has 2 aromatic rings. The number of anilines is 1. The molecule has 2 rings (SSSR count). The molecule has 0 saturated carbocycles. The first-order valence-corrected chi connectivity index (χ1v) is 6.51. The zero-order valence-corrected chi connectivity index (χ0v) is 11.9. The Morgan fingerprint density at radius 1 is 1.53 bits per heavy atom. The molecule has 0 atom stereocenters. The third-order valence-electron chi connectivity index (χ3n) is 2.64. The summed E-state index contributed by atoms with van der Waals surface area (Å²) < 4.78 is 2.54. The minimum absolute atomic E-state index is 0.0781. The van der Waals surface area contributed by atoms with Crippen molar-refractivity contribution < 1.29 is 4.92 Å². The Hall–Kier alpha value is -1.89. The maximum absolute atomic E-state index is 10.9. The van der Waals surface area contributed by atoms with Gasteiger partial charge >= 0.3 is 0 Å². The van der Waals surface area contributed by atoms with Crippen LogP contribution in [0.5, 0.6) is 0 Å². The Labute approximate surface area is 118 Å². The Morgan fingerprint density at radius 2 is 2.32 bits per heavy atom. The van der Waals surface area contributed by atoms with Crippen LogP contribution < -0.4 is 5.32 Å². The molecule has 0 aliphatic carbocycles. The van der Waals surface area contributed by atoms with Gasteiger partial charge in [0, 0.05) is 30.3 Å². The minimum atomic E-state index is -0.390. The van der Waals surface area contributed by atoms with Crippen molar-refractivity contribution in [3.63, 3.8) is 0 Å². The zero-order chi connectivity index (χ0) is 13.8. The van der Waals surface area contributed by atoms with E-state index in [9.17, 15) is 10.1 Å². The van der Waals surface area contributed by atoms with E-state index >= 15 is 0 Å². The van der Waals surface area contributed by atoms with E-state index in [1.807, 2.05) is 13.2 Å². The number of halogens is 1. The Balaban J connectivity index is 2.02. The third kappa shape index (κ3) is 3.54. The number of rotatable bonds is 5. The van der Waals surface area contributed by atoms with Gasteiger partial charge in [0.15, 0.2) is 0 Å². The lowest BCUT2D eigenvalue weighted by molar-refractivity contribution is -0.384. The normalized spacial score (nSPS) is 10.4. The van der Waals surface area contributed by atoms with E-state index in [-0.39, 0.29) is 5.69 Å². The van der Waals surface area contributed by atoms with Gasteiger partial charge in [-0.2, -0.15) is 5.10 Å². The van der Waals surface area contributed by atoms with Gasteiger partial charge in [-0.1, -0.05) is 15.9 Å². The van der Waals surface area contributed by atoms with Crippen LogP contribution in [0.15, 0.2) is 35.1 Å². The smallest absolute Gasteiger partial charge is 0.292 e. The van der Waals surface area contributed by atoms with Gasteiger partial charge in [0.2, 0.25) is 0 Å². The first kappa shape index (κ1) is 13.5. The molecule has 1 aromatic heterocycles. The van der Waals surface area contributed by atoms with Crippen LogP contribution in [0.2, 0.25) is 0 Å². The molecule has 0 aliphatic rings. The van der Waals surface area contributed by atoms with Crippen LogP contribution in [0.25, 0.3) is 0 Å². The Kier molecular flexibility index (Phi) is 4.16. The molecule has 7 heteroatoms. The van der Waals surface area contributed by atoms with Crippen LogP contribution in [0.3, 0.4) is 0 Å². The number of aryl methyl sites for hydroxylation is 1. The van der Waals surface area contributed by atoms with Gasteiger partial charge in [0.05, 0.1) is 11.1 Å². The summed E-state index contributed by atoms with van der Waals surface area (Å²) in [6.07, 6.45) is 4.48. The fraction of sp³-hybridized carbons (Fsp3) is 0.250. The van der Waals surface area contributed by atoms with Gasteiger partial charge in [-0.25, -0.2) is 0 Å². The van der Waals surface area contributed by atoms with Crippen molar-refractivity contribution >= 4 is 27.3 Å². The zero-order valence-electron chi connectivity index (χ0n) is 10.3. The van der Waals surface area contributed by atoms with Crippen molar-refractivity contribution in [3.8, 4) is 0 Å². The standard InChI is InChI=1S/C12H13BrN4O2/c1-16-8-9(7-15-16)4-5-14-11-6-10(13)2-3-12(11)17(18)19/h2-3,6-8,14H,4-5H2,1H3. The van der Waals surface area contributed by atoms with Gasteiger partial charge in [0.1, 0.15) is 5.69 Å². The average Bonchev–Trinajstić information content (AvgIpc) is 2.75. The van der Waals surface area contributed by atoms with E-state index in [2.05, 4.69) is 26.3 Å². The van der Waals surface area contributed by atoms with Gasteiger partial charge in [0.25, 0.3) is 5.69 Å². The van der Waals surface area contributed by atoms with Gasteiger partial charge in [-0.05, 0) is 24.1 Å². The van der Waals surface area contributed by atoms with Crippen LogP contribution in [0.1, 0.15) is 5.56 Å². The lowest BCUT2D eigenvalue weighted by Crippen LogP contribution is -2.06. The number of aromatic nitrogens is 2. The van der Waals surface area contributed by atoms with Crippen LogP contribution in [-0.2, 0) is 13.5 Å². The summed E-state index contributed by atoms with van der Waals surface area (Å²) in [7, 11) is 1.86. The summed E-state index contributed by atoms with van der Waals surface area (Å²) >= 11 is 3.31. The highest BCUT2D eigenvalue weighted by Crippen LogP contribution is 2.27. The number of hydrogen-bond acceptors (Lipinski definition) is 4. The largest absolute Gasteiger partial charge is 0.379 e. The van der Waals surface area contributed by atoms with Crippen LogP contribution in [0.4, 0.5) is 11.4 Å². The summed E-state index contributed by atoms with van der Waals surface area (Å²) in [5.41, 5.74) is 1.69. The lowest BCUT2D eigenvalue weighted by Gasteiger charge is -2.06. The van der Waals surface area contributed by atoms with Crippen molar-refractivity contribution in [2.24, 2.45) is 7.05 Å². The van der Waals surface area contributed by atoms with E-state index in [4.69, 9.17) is 0 Å². The second-order valence-electron chi connectivity index (χ2n) is 4.12. The number of hydrogen-bond donors (Lipinski definition) is 1. The maximum atomic E-state index is 10.9. The minimum Gasteiger partial charge on any atom is -0.379 e. The summed E-state index contributed by atoms with van der Waals surface area (Å²) in [4.78, 5) is 10.5. The molecule has 6 nitrogen and oxygen atoms in total. The van der Waals surface area contributed by atoms with Crippen molar-refractivity contribution in [2.75, 3.05) is 11.9 Å². The van der Waals surface area contributed by atoms with Gasteiger partial charge < -0.3 is 5.32 Å². The highest BCUT2D eigenvalue weighted by atomic mass is 79.9. The van der Waals surface area contributed by atoms with Crippen LogP contribution in [0, 0.1) is 10.1 Å². The highest BCUT2D eigenvalue weighted by Gasteiger charge is 2.13. The number of nitro benzene ring substituents is 1. The predicted molar refractivity (Wildman–Crippen MR) is 76.2 cm³/mol. The first-order valence-electron chi connectivity index (χ1n) is 5.71. The first-order chi connectivity index (χ1) is 9.06. The number of nitro groups is 1. The molecule has 0 radical (unpaired) electrons. The van der Waals surface area contributed by atoms with E-state index in [0.717, 1.165) is 16.5 Å². The second kappa shape index (κ2) is 5.83. The molecule has 0 spiro atoms. The molecule has 0 aliphatic heterocycles. The van der Waals surface area contributed by atoms with Crippen molar-refractivity contribution in [1.82, 2.24) is 9.78 Å². The average molecular weight is 325 g/mol. The van der Waals surface area contributed by atoms with Crippen molar-refractivity contribution in [3.05, 3.63) is 50.7 Å². The summed E-state index contributed by atoms with van der Waals surface area (Å²) in [5.74, 6) is 0. The second-order valence-corrected chi connectivity index (χ2v) is 5.03. The summed E-state index contributed by atoms with van der Waals surface area (Å²) in [6.45, 7) is 0.614.